The van der Waals surface area contributed by atoms with E-state index in [4.69, 9.17) is 30.3 Å². The fraction of sp³-hybridized carbons (Fsp3) is 0.312. The number of imidazole rings is 1. The minimum atomic E-state index is -5.08. The molecule has 0 radical (unpaired) electrons. The Morgan fingerprint density at radius 1 is 0.889 bits per heavy atom. The molecule has 54 heavy (non-hydrogen) atoms. The summed E-state index contributed by atoms with van der Waals surface area (Å²) in [6, 6.07) is 10.5. The summed E-state index contributed by atoms with van der Waals surface area (Å²) in [5, 5.41) is 19.9. The smallest absolute Gasteiger partial charge is 0.490 e. The van der Waals surface area contributed by atoms with Crippen LogP contribution in [0.5, 0.6) is 5.75 Å². The van der Waals surface area contributed by atoms with E-state index in [-0.39, 0.29) is 11.8 Å². The topological polar surface area (TPSA) is 211 Å². The van der Waals surface area contributed by atoms with Crippen LogP contribution in [0.4, 0.5) is 43.5 Å². The highest BCUT2D eigenvalue weighted by Crippen LogP contribution is 2.21. The first-order valence-corrected chi connectivity index (χ1v) is 15.2. The molecule has 0 aliphatic heterocycles. The Kier molecular flexibility index (Phi) is 15.4. The number of nitrogens with one attached hydrogen (secondary N) is 2. The Bertz CT molecular complexity index is 1920. The summed E-state index contributed by atoms with van der Waals surface area (Å²) >= 11 is 0. The lowest BCUT2D eigenvalue weighted by Gasteiger charge is -2.08. The van der Waals surface area contributed by atoms with Gasteiger partial charge in [0.25, 0.3) is 11.8 Å². The zero-order chi connectivity index (χ0) is 41.0. The van der Waals surface area contributed by atoms with Gasteiger partial charge < -0.3 is 49.9 Å². The molecule has 0 aliphatic rings. The van der Waals surface area contributed by atoms with E-state index in [1.807, 2.05) is 36.9 Å². The fourth-order valence-electron chi connectivity index (χ4n) is 4.17. The zero-order valence-electron chi connectivity index (χ0n) is 29.4. The number of carboxylic acids is 2. The molecule has 0 bridgehead atoms. The van der Waals surface area contributed by atoms with Crippen LogP contribution in [-0.2, 0) is 30.2 Å². The molecule has 16 nitrogen and oxygen atoms in total. The molecule has 4 rings (SSSR count). The van der Waals surface area contributed by atoms with Crippen LogP contribution in [0.25, 0.3) is 0 Å². The number of anilines is 2. The Hall–Kier alpha value is -6.32. The number of nitrogens with zero attached hydrogens (tertiary/aromatic N) is 6. The van der Waals surface area contributed by atoms with E-state index in [0.717, 1.165) is 19.5 Å². The summed E-state index contributed by atoms with van der Waals surface area (Å²) in [6.45, 7) is 1.77. The van der Waals surface area contributed by atoms with Crippen LogP contribution in [0.1, 0.15) is 33.0 Å². The van der Waals surface area contributed by atoms with Crippen molar-refractivity contribution >= 4 is 46.8 Å². The van der Waals surface area contributed by atoms with Gasteiger partial charge in [-0.15, -0.1) is 0 Å². The van der Waals surface area contributed by atoms with E-state index in [1.54, 1.807) is 73.5 Å². The van der Waals surface area contributed by atoms with Gasteiger partial charge in [0.15, 0.2) is 5.82 Å². The van der Waals surface area contributed by atoms with E-state index >= 15 is 0 Å². The summed E-state index contributed by atoms with van der Waals surface area (Å²) in [4.78, 5) is 54.6. The first-order chi connectivity index (χ1) is 25.0. The third kappa shape index (κ3) is 14.0. The molecule has 1 aromatic carbocycles. The molecule has 0 saturated heterocycles. The van der Waals surface area contributed by atoms with Crippen LogP contribution in [-0.4, -0.2) is 103 Å². The number of amides is 2. The largest absolute Gasteiger partial charge is 0.497 e. The number of hydrogen-bond acceptors (Lipinski definition) is 8. The number of amidine groups is 1. The van der Waals surface area contributed by atoms with Crippen LogP contribution >= 0.6 is 0 Å². The molecule has 3 heterocycles. The van der Waals surface area contributed by atoms with Crippen molar-refractivity contribution in [2.24, 2.45) is 24.8 Å². The van der Waals surface area contributed by atoms with Gasteiger partial charge >= 0.3 is 24.3 Å². The summed E-state index contributed by atoms with van der Waals surface area (Å²) in [5.41, 5.74) is 8.66. The molecule has 0 saturated carbocycles. The predicted octanol–water partition coefficient (Wildman–Crippen LogP) is 4.33. The lowest BCUT2D eigenvalue weighted by Crippen LogP contribution is -2.21. The number of nitrogens with two attached hydrogens (primary N) is 1. The molecular weight excluding hydrogens is 736 g/mol. The number of carboxylic acid groups (broad SMARTS) is 2. The average molecular weight is 774 g/mol. The molecule has 3 aromatic heterocycles. The Balaban J connectivity index is 0.000000610. The fourth-order valence-corrected chi connectivity index (χ4v) is 4.17. The van der Waals surface area contributed by atoms with Crippen molar-refractivity contribution in [3.05, 3.63) is 78.3 Å². The number of alkyl halides is 6. The zero-order valence-corrected chi connectivity index (χ0v) is 29.4. The van der Waals surface area contributed by atoms with Crippen molar-refractivity contribution in [1.29, 1.82) is 0 Å². The number of benzene rings is 1. The van der Waals surface area contributed by atoms with Gasteiger partial charge in [-0.1, -0.05) is 12.1 Å². The van der Waals surface area contributed by atoms with E-state index in [9.17, 15) is 35.9 Å². The normalized spacial score (nSPS) is 11.5. The van der Waals surface area contributed by atoms with E-state index in [1.165, 1.54) is 0 Å². The second kappa shape index (κ2) is 19.0. The molecule has 2 amide bonds. The number of aromatic nitrogens is 4. The summed E-state index contributed by atoms with van der Waals surface area (Å²) in [6.07, 6.45) is -2.30. The molecular formula is C32H37F6N9O7. The van der Waals surface area contributed by atoms with Gasteiger partial charge in [0, 0.05) is 44.8 Å². The minimum Gasteiger partial charge on any atom is -0.497 e. The summed E-state index contributed by atoms with van der Waals surface area (Å²) in [5.74, 6) is -4.76. The Labute approximate surface area is 303 Å². The summed E-state index contributed by atoms with van der Waals surface area (Å²) < 4.78 is 74.0. The van der Waals surface area contributed by atoms with Gasteiger partial charge in [-0.2, -0.15) is 26.3 Å². The van der Waals surface area contributed by atoms with Gasteiger partial charge in [-0.3, -0.25) is 9.59 Å². The number of aryl methyl sites for hydroxylation is 3. The van der Waals surface area contributed by atoms with Crippen molar-refractivity contribution in [2.45, 2.75) is 25.3 Å². The van der Waals surface area contributed by atoms with E-state index in [0.29, 0.717) is 45.7 Å². The number of rotatable bonds is 11. The second-order valence-corrected chi connectivity index (χ2v) is 11.3. The Morgan fingerprint density at radius 3 is 2.00 bits per heavy atom. The number of halogens is 6. The molecule has 0 atom stereocenters. The van der Waals surface area contributed by atoms with Crippen LogP contribution in [0.3, 0.4) is 0 Å². The number of hydrogen-bond donors (Lipinski definition) is 5. The molecule has 6 N–H and O–H groups in total. The maximum Gasteiger partial charge on any atom is 0.490 e. The monoisotopic (exact) mass is 773 g/mol. The van der Waals surface area contributed by atoms with Crippen LogP contribution in [0, 0.1) is 0 Å². The van der Waals surface area contributed by atoms with Crippen molar-refractivity contribution < 1.29 is 60.5 Å². The number of carbonyl (C=O) groups is 4. The van der Waals surface area contributed by atoms with Crippen molar-refractivity contribution in [1.82, 2.24) is 23.6 Å². The maximum absolute atomic E-state index is 13.0. The van der Waals surface area contributed by atoms with Gasteiger partial charge in [0.1, 0.15) is 23.0 Å². The second-order valence-electron chi connectivity index (χ2n) is 11.3. The lowest BCUT2D eigenvalue weighted by molar-refractivity contribution is -0.193. The van der Waals surface area contributed by atoms with Crippen molar-refractivity contribution in [3.63, 3.8) is 0 Å². The van der Waals surface area contributed by atoms with Gasteiger partial charge in [-0.05, 0) is 51.3 Å². The molecule has 0 unspecified atom stereocenters. The third-order valence-corrected chi connectivity index (χ3v) is 6.72. The Morgan fingerprint density at radius 2 is 1.44 bits per heavy atom. The number of carbonyl (C=O) groups excluding carboxylic acids is 2. The number of aliphatic carboxylic acids is 2. The summed E-state index contributed by atoms with van der Waals surface area (Å²) in [7, 11) is 9.13. The first kappa shape index (κ1) is 43.8. The quantitative estimate of drug-likeness (QED) is 0.0828. The minimum absolute atomic E-state index is 0.300. The molecule has 4 aromatic rings. The maximum atomic E-state index is 13.0. The average Bonchev–Trinajstić information content (AvgIpc) is 3.78. The van der Waals surface area contributed by atoms with Crippen molar-refractivity contribution in [2.75, 3.05) is 38.4 Å². The molecule has 0 spiro atoms. The number of aliphatic imine (C=N–C) groups is 1. The van der Waals surface area contributed by atoms with E-state index < -0.39 is 24.3 Å². The lowest BCUT2D eigenvalue weighted by atomic mass is 10.2. The van der Waals surface area contributed by atoms with Gasteiger partial charge in [-0.25, -0.2) is 19.6 Å². The number of methoxy groups -OCH3 is 1. The molecule has 0 fully saturated rings. The van der Waals surface area contributed by atoms with Crippen LogP contribution in [0.2, 0.25) is 0 Å². The predicted molar refractivity (Wildman–Crippen MR) is 183 cm³/mol. The third-order valence-electron chi connectivity index (χ3n) is 6.72. The number of ether oxygens (including phenoxy) is 1. The molecule has 22 heteroatoms. The van der Waals surface area contributed by atoms with Gasteiger partial charge in [0.05, 0.1) is 24.8 Å². The highest BCUT2D eigenvalue weighted by atomic mass is 19.4. The SMILES string of the molecule is COc1cccc(C(N)=Nc2cc(C(=O)Nc3cc(C(=O)Nc4cn(CCCN(C)C)cn4)n(C)c3)n(C)c2)c1.O=C(O)C(F)(F)F.O=C(O)C(F)(F)F. The standard InChI is InChI=1S/C28H35N9O3.2C2HF3O2/c1-34(2)10-7-11-37-17-25(30-18-37)33-28(39)24-14-21(16-36(24)4)32-27(38)23-13-20(15-35(23)3)31-26(29)19-8-6-9-22(12-19)40-5;2*3-2(4,5)1(6)7/h6,8-9,12-18H,7,10-11H2,1-5H3,(H2,29,31)(H,32,38)(H,33,39);2*(H,6,7). The van der Waals surface area contributed by atoms with Gasteiger partial charge in [0.2, 0.25) is 0 Å². The molecule has 294 valence electrons. The van der Waals surface area contributed by atoms with Crippen LogP contribution < -0.4 is 21.1 Å². The molecule has 0 aliphatic carbocycles. The first-order valence-electron chi connectivity index (χ1n) is 15.2. The van der Waals surface area contributed by atoms with Crippen molar-refractivity contribution in [3.8, 4) is 5.75 Å². The van der Waals surface area contributed by atoms with Crippen LogP contribution in [0.15, 0.2) is 66.3 Å². The van der Waals surface area contributed by atoms with E-state index in [2.05, 4.69) is 25.5 Å². The highest BCUT2D eigenvalue weighted by Gasteiger charge is 2.38. The highest BCUT2D eigenvalue weighted by molar-refractivity contribution is 6.07.